The summed E-state index contributed by atoms with van der Waals surface area (Å²) in [4.78, 5) is 22.8. The van der Waals surface area contributed by atoms with E-state index >= 15 is 0 Å². The summed E-state index contributed by atoms with van der Waals surface area (Å²) in [5.74, 6) is 2.00. The molecule has 2 unspecified atom stereocenters. The van der Waals surface area contributed by atoms with E-state index in [2.05, 4.69) is 5.92 Å². The number of esters is 2. The Morgan fingerprint density at radius 3 is 2.73 bits per heavy atom. The molecule has 1 rings (SSSR count). The topological polar surface area (TPSA) is 61.8 Å². The normalized spacial score (nSPS) is 21.7. The molecule has 0 aromatic rings. The first-order valence-corrected chi connectivity index (χ1v) is 7.56. The van der Waals surface area contributed by atoms with Crippen molar-refractivity contribution >= 4 is 11.9 Å². The van der Waals surface area contributed by atoms with Crippen molar-refractivity contribution in [2.45, 2.75) is 45.0 Å². The second kappa shape index (κ2) is 8.76. The van der Waals surface area contributed by atoms with Crippen LogP contribution >= 0.6 is 0 Å². The summed E-state index contributed by atoms with van der Waals surface area (Å²) in [7, 11) is 4.05. The van der Waals surface area contributed by atoms with Gasteiger partial charge in [-0.1, -0.05) is 0 Å². The maximum atomic E-state index is 11.8. The van der Waals surface area contributed by atoms with Crippen LogP contribution in [0.25, 0.3) is 0 Å². The van der Waals surface area contributed by atoms with Gasteiger partial charge in [-0.15, -0.1) is 6.42 Å². The van der Waals surface area contributed by atoms with E-state index in [9.17, 15) is 9.59 Å². The Morgan fingerprint density at radius 2 is 2.09 bits per heavy atom. The van der Waals surface area contributed by atoms with Crippen molar-refractivity contribution in [3.05, 3.63) is 0 Å². The van der Waals surface area contributed by atoms with Gasteiger partial charge in [-0.25, -0.2) is 0 Å². The molecule has 22 heavy (non-hydrogen) atoms. The van der Waals surface area contributed by atoms with Crippen molar-refractivity contribution in [2.75, 3.05) is 33.8 Å². The van der Waals surface area contributed by atoms with Gasteiger partial charge in [-0.05, 0) is 5.92 Å². The van der Waals surface area contributed by atoms with Gasteiger partial charge in [-0.2, -0.15) is 0 Å². The Kier molecular flexibility index (Phi) is 7.36. The summed E-state index contributed by atoms with van der Waals surface area (Å²) in [5, 5.41) is 0. The second-order valence-corrected chi connectivity index (χ2v) is 6.17. The molecule has 0 aromatic carbocycles. The van der Waals surface area contributed by atoms with Crippen LogP contribution in [0, 0.1) is 12.3 Å². The van der Waals surface area contributed by atoms with Gasteiger partial charge in [0.15, 0.2) is 0 Å². The Bertz CT molecular complexity index is 427. The standard InChI is InChI=1S/C16H26NO5/c1-5-9-17(3,4)10-6-7-15(19)22-16-12-14(8-11-20-16)21-13(2)18/h1,14,16H,6-12H2,2-4H3/q+1. The molecular formula is C16H26NO5+. The monoisotopic (exact) mass is 312 g/mol. The quantitative estimate of drug-likeness (QED) is 0.400. The molecule has 2 atom stereocenters. The molecule has 0 N–H and O–H groups in total. The molecule has 124 valence electrons. The molecule has 1 aliphatic heterocycles. The molecule has 1 aliphatic rings. The zero-order chi connectivity index (χ0) is 16.6. The number of nitrogens with zero attached hydrogens (tertiary/aromatic N) is 1. The largest absolute Gasteiger partial charge is 0.462 e. The zero-order valence-corrected chi connectivity index (χ0v) is 13.7. The van der Waals surface area contributed by atoms with Gasteiger partial charge < -0.3 is 18.7 Å². The fraction of sp³-hybridized carbons (Fsp3) is 0.750. The van der Waals surface area contributed by atoms with Crippen molar-refractivity contribution in [2.24, 2.45) is 0 Å². The van der Waals surface area contributed by atoms with Crippen LogP contribution in [-0.4, -0.2) is 62.6 Å². The van der Waals surface area contributed by atoms with Crippen LogP contribution in [0.2, 0.25) is 0 Å². The minimum Gasteiger partial charge on any atom is -0.462 e. The SMILES string of the molecule is C#CC[N+](C)(C)CCCC(=O)OC1CC(OC(C)=O)CCO1. The summed E-state index contributed by atoms with van der Waals surface area (Å²) in [6, 6.07) is 0. The second-order valence-electron chi connectivity index (χ2n) is 6.17. The van der Waals surface area contributed by atoms with Crippen molar-refractivity contribution < 1.29 is 28.3 Å². The van der Waals surface area contributed by atoms with Gasteiger partial charge in [0.2, 0.25) is 6.29 Å². The molecule has 0 bridgehead atoms. The number of terminal acetylenes is 1. The molecule has 1 saturated heterocycles. The van der Waals surface area contributed by atoms with Crippen LogP contribution in [-0.2, 0) is 23.8 Å². The van der Waals surface area contributed by atoms with Crippen LogP contribution in [0.1, 0.15) is 32.6 Å². The van der Waals surface area contributed by atoms with Crippen LogP contribution in [0.4, 0.5) is 0 Å². The van der Waals surface area contributed by atoms with Gasteiger partial charge in [0.1, 0.15) is 12.6 Å². The lowest BCUT2D eigenvalue weighted by atomic mass is 10.1. The van der Waals surface area contributed by atoms with Crippen LogP contribution in [0.15, 0.2) is 0 Å². The number of ether oxygens (including phenoxy) is 3. The first-order chi connectivity index (χ1) is 10.3. The number of rotatable bonds is 7. The fourth-order valence-corrected chi connectivity index (χ4v) is 2.34. The Balaban J connectivity index is 2.27. The number of carbonyl (C=O) groups excluding carboxylic acids is 2. The highest BCUT2D eigenvalue weighted by Gasteiger charge is 2.27. The van der Waals surface area contributed by atoms with Crippen molar-refractivity contribution in [1.29, 1.82) is 0 Å². The molecule has 0 amide bonds. The van der Waals surface area contributed by atoms with E-state index in [1.807, 2.05) is 14.1 Å². The first-order valence-electron chi connectivity index (χ1n) is 7.56. The molecule has 0 aliphatic carbocycles. The van der Waals surface area contributed by atoms with Gasteiger partial charge in [-0.3, -0.25) is 9.59 Å². The lowest BCUT2D eigenvalue weighted by Gasteiger charge is -2.29. The van der Waals surface area contributed by atoms with E-state index in [1.54, 1.807) is 0 Å². The highest BCUT2D eigenvalue weighted by molar-refractivity contribution is 5.69. The maximum absolute atomic E-state index is 11.8. The van der Waals surface area contributed by atoms with Gasteiger partial charge in [0.05, 0.1) is 33.7 Å². The molecular weight excluding hydrogens is 286 g/mol. The zero-order valence-electron chi connectivity index (χ0n) is 13.7. The number of hydrogen-bond donors (Lipinski definition) is 0. The molecule has 6 nitrogen and oxygen atoms in total. The van der Waals surface area contributed by atoms with Crippen molar-refractivity contribution in [3.63, 3.8) is 0 Å². The fourth-order valence-electron chi connectivity index (χ4n) is 2.34. The smallest absolute Gasteiger partial charge is 0.308 e. The summed E-state index contributed by atoms with van der Waals surface area (Å²) < 4.78 is 16.5. The Hall–Kier alpha value is -1.58. The lowest BCUT2D eigenvalue weighted by Crippen LogP contribution is -2.41. The van der Waals surface area contributed by atoms with Crippen molar-refractivity contribution in [1.82, 2.24) is 0 Å². The Labute approximate surface area is 132 Å². The predicted molar refractivity (Wildman–Crippen MR) is 80.5 cm³/mol. The predicted octanol–water partition coefficient (Wildman–Crippen LogP) is 1.09. The summed E-state index contributed by atoms with van der Waals surface area (Å²) in [6.07, 6.45) is 6.49. The third kappa shape index (κ3) is 7.43. The molecule has 0 spiro atoms. The number of hydrogen-bond acceptors (Lipinski definition) is 5. The first kappa shape index (κ1) is 18.5. The number of carbonyl (C=O) groups is 2. The van der Waals surface area contributed by atoms with Crippen molar-refractivity contribution in [3.8, 4) is 12.3 Å². The van der Waals surface area contributed by atoms with E-state index < -0.39 is 6.29 Å². The highest BCUT2D eigenvalue weighted by atomic mass is 16.7. The van der Waals surface area contributed by atoms with Gasteiger partial charge in [0, 0.05) is 26.2 Å². The third-order valence-corrected chi connectivity index (χ3v) is 3.46. The molecule has 0 radical (unpaired) electrons. The molecule has 1 fully saturated rings. The van der Waals surface area contributed by atoms with E-state index in [4.69, 9.17) is 20.6 Å². The summed E-state index contributed by atoms with van der Waals surface area (Å²) in [5.41, 5.74) is 0. The van der Waals surface area contributed by atoms with E-state index in [0.717, 1.165) is 6.54 Å². The van der Waals surface area contributed by atoms with Gasteiger partial charge >= 0.3 is 11.9 Å². The van der Waals surface area contributed by atoms with Crippen LogP contribution in [0.3, 0.4) is 0 Å². The highest BCUT2D eigenvalue weighted by Crippen LogP contribution is 2.18. The van der Waals surface area contributed by atoms with E-state index in [0.29, 0.717) is 43.3 Å². The maximum Gasteiger partial charge on any atom is 0.308 e. The average Bonchev–Trinajstić information content (AvgIpc) is 2.37. The van der Waals surface area contributed by atoms with E-state index in [-0.39, 0.29) is 18.0 Å². The summed E-state index contributed by atoms with van der Waals surface area (Å²) >= 11 is 0. The van der Waals surface area contributed by atoms with E-state index in [1.165, 1.54) is 6.92 Å². The molecule has 6 heteroatoms. The third-order valence-electron chi connectivity index (χ3n) is 3.46. The molecule has 1 heterocycles. The lowest BCUT2D eigenvalue weighted by molar-refractivity contribution is -0.883. The van der Waals surface area contributed by atoms with Crippen LogP contribution in [0.5, 0.6) is 0 Å². The number of quaternary nitrogens is 1. The molecule has 0 aromatic heterocycles. The summed E-state index contributed by atoms with van der Waals surface area (Å²) in [6.45, 7) is 3.22. The molecule has 0 saturated carbocycles. The average molecular weight is 312 g/mol. The minimum absolute atomic E-state index is 0.240. The minimum atomic E-state index is -0.626. The Morgan fingerprint density at radius 1 is 1.36 bits per heavy atom. The van der Waals surface area contributed by atoms with Gasteiger partial charge in [0.25, 0.3) is 0 Å². The van der Waals surface area contributed by atoms with Crippen LogP contribution < -0.4 is 0 Å².